The van der Waals surface area contributed by atoms with Gasteiger partial charge in [0, 0.05) is 23.4 Å². The van der Waals surface area contributed by atoms with Crippen molar-refractivity contribution in [3.63, 3.8) is 0 Å². The van der Waals surface area contributed by atoms with Gasteiger partial charge in [0.25, 0.3) is 11.8 Å². The molecular weight excluding hydrogens is 444 g/mol. The largest absolute Gasteiger partial charge is 0.311 e. The summed E-state index contributed by atoms with van der Waals surface area (Å²) in [6.07, 6.45) is 0. The van der Waals surface area contributed by atoms with Crippen LogP contribution in [0.3, 0.4) is 0 Å². The molecule has 33 heavy (non-hydrogen) atoms. The summed E-state index contributed by atoms with van der Waals surface area (Å²) >= 11 is 1.29. The number of hydrogen-bond donors (Lipinski definition) is 0. The molecular formula is C25H17F2N3O2S. The first-order chi connectivity index (χ1) is 15.9. The maximum atomic E-state index is 14.4. The SMILES string of the molecule is N#Cc1cccc(CN2C(=O)[C@@]3(SCCN3C(=O)c3ccc(F)cc3)c3cc(F)ccc32)c1. The van der Waals surface area contributed by atoms with E-state index in [-0.39, 0.29) is 18.0 Å². The third-order valence-electron chi connectivity index (χ3n) is 5.89. The van der Waals surface area contributed by atoms with E-state index < -0.39 is 22.4 Å². The molecule has 2 heterocycles. The zero-order chi connectivity index (χ0) is 23.2. The van der Waals surface area contributed by atoms with E-state index in [0.29, 0.717) is 29.1 Å². The first kappa shape index (κ1) is 21.2. The quantitative estimate of drug-likeness (QED) is 0.579. The van der Waals surface area contributed by atoms with E-state index in [1.807, 2.05) is 6.07 Å². The Kier molecular flexibility index (Phi) is 5.14. The van der Waals surface area contributed by atoms with Crippen LogP contribution in [0.5, 0.6) is 0 Å². The fraction of sp³-hybridized carbons (Fsp3) is 0.160. The lowest BCUT2D eigenvalue weighted by Gasteiger charge is -2.33. The second kappa shape index (κ2) is 8.01. The highest BCUT2D eigenvalue weighted by Gasteiger charge is 2.59. The smallest absolute Gasteiger partial charge is 0.268 e. The predicted octanol–water partition coefficient (Wildman–Crippen LogP) is 4.43. The van der Waals surface area contributed by atoms with Crippen LogP contribution in [-0.2, 0) is 16.2 Å². The summed E-state index contributed by atoms with van der Waals surface area (Å²) in [6.45, 7) is 0.466. The van der Waals surface area contributed by atoms with Crippen LogP contribution < -0.4 is 4.90 Å². The monoisotopic (exact) mass is 461 g/mol. The third kappa shape index (κ3) is 3.36. The van der Waals surface area contributed by atoms with Crippen molar-refractivity contribution in [1.29, 1.82) is 5.26 Å². The van der Waals surface area contributed by atoms with Gasteiger partial charge in [-0.05, 0) is 60.2 Å². The van der Waals surface area contributed by atoms with E-state index in [2.05, 4.69) is 6.07 Å². The van der Waals surface area contributed by atoms with Crippen molar-refractivity contribution in [3.05, 3.63) is 101 Å². The first-order valence-electron chi connectivity index (χ1n) is 10.3. The molecule has 0 radical (unpaired) electrons. The number of thioether (sulfide) groups is 1. The van der Waals surface area contributed by atoms with Crippen molar-refractivity contribution in [2.75, 3.05) is 17.2 Å². The average molecular weight is 461 g/mol. The fourth-order valence-electron chi connectivity index (χ4n) is 4.41. The summed E-state index contributed by atoms with van der Waals surface area (Å²) in [4.78, 5) is 28.9. The van der Waals surface area contributed by atoms with Crippen molar-refractivity contribution in [2.45, 2.75) is 11.4 Å². The van der Waals surface area contributed by atoms with Crippen LogP contribution in [0.1, 0.15) is 27.0 Å². The summed E-state index contributed by atoms with van der Waals surface area (Å²) in [5.74, 6) is -1.24. The Morgan fingerprint density at radius 1 is 1.06 bits per heavy atom. The molecule has 1 saturated heterocycles. The van der Waals surface area contributed by atoms with E-state index in [9.17, 15) is 23.6 Å². The Bertz CT molecular complexity index is 1320. The van der Waals surface area contributed by atoms with Gasteiger partial charge in [0.15, 0.2) is 4.87 Å². The van der Waals surface area contributed by atoms with Crippen molar-refractivity contribution in [2.24, 2.45) is 0 Å². The van der Waals surface area contributed by atoms with E-state index >= 15 is 0 Å². The number of carbonyl (C=O) groups is 2. The van der Waals surface area contributed by atoms with E-state index in [4.69, 9.17) is 0 Å². The molecule has 0 aliphatic carbocycles. The number of carbonyl (C=O) groups excluding carboxylic acids is 2. The molecule has 1 fully saturated rings. The van der Waals surface area contributed by atoms with Crippen LogP contribution in [0.25, 0.3) is 0 Å². The highest BCUT2D eigenvalue weighted by atomic mass is 32.2. The molecule has 0 bridgehead atoms. The number of benzene rings is 3. The van der Waals surface area contributed by atoms with E-state index in [1.54, 1.807) is 24.3 Å². The van der Waals surface area contributed by atoms with Gasteiger partial charge in [-0.25, -0.2) is 8.78 Å². The number of halogens is 2. The highest BCUT2D eigenvalue weighted by Crippen LogP contribution is 2.54. The Labute approximate surface area is 193 Å². The van der Waals surface area contributed by atoms with E-state index in [1.165, 1.54) is 58.0 Å². The second-order valence-corrected chi connectivity index (χ2v) is 9.11. The number of amides is 2. The maximum Gasteiger partial charge on any atom is 0.268 e. The molecule has 1 spiro atoms. The number of nitrogens with zero attached hydrogens (tertiary/aromatic N) is 3. The van der Waals surface area contributed by atoms with Crippen molar-refractivity contribution >= 4 is 29.3 Å². The van der Waals surface area contributed by atoms with Gasteiger partial charge in [-0.2, -0.15) is 5.26 Å². The average Bonchev–Trinajstić information content (AvgIpc) is 3.36. The predicted molar refractivity (Wildman–Crippen MR) is 120 cm³/mol. The molecule has 1 atom stereocenters. The Morgan fingerprint density at radius 2 is 1.82 bits per heavy atom. The van der Waals surface area contributed by atoms with Crippen LogP contribution in [-0.4, -0.2) is 29.0 Å². The maximum absolute atomic E-state index is 14.4. The van der Waals surface area contributed by atoms with Crippen molar-refractivity contribution in [3.8, 4) is 6.07 Å². The summed E-state index contributed by atoms with van der Waals surface area (Å²) in [5, 5.41) is 9.21. The second-order valence-electron chi connectivity index (χ2n) is 7.82. The van der Waals surface area contributed by atoms with Crippen LogP contribution >= 0.6 is 11.8 Å². The zero-order valence-electron chi connectivity index (χ0n) is 17.3. The number of anilines is 1. The molecule has 2 aliphatic heterocycles. The van der Waals surface area contributed by atoms with Crippen LogP contribution in [0.15, 0.2) is 66.7 Å². The number of fused-ring (bicyclic) bond motifs is 2. The summed E-state index contributed by atoms with van der Waals surface area (Å²) in [6, 6.07) is 18.3. The highest BCUT2D eigenvalue weighted by molar-refractivity contribution is 8.01. The lowest BCUT2D eigenvalue weighted by Crippen LogP contribution is -2.50. The molecule has 0 aromatic heterocycles. The number of hydrogen-bond acceptors (Lipinski definition) is 4. The van der Waals surface area contributed by atoms with Gasteiger partial charge in [-0.1, -0.05) is 12.1 Å². The minimum Gasteiger partial charge on any atom is -0.311 e. The molecule has 0 saturated carbocycles. The molecule has 2 aliphatic rings. The minimum absolute atomic E-state index is 0.174. The normalized spacial score (nSPS) is 19.1. The zero-order valence-corrected chi connectivity index (χ0v) is 18.1. The van der Waals surface area contributed by atoms with Crippen LogP contribution in [0.4, 0.5) is 14.5 Å². The molecule has 0 unspecified atom stereocenters. The van der Waals surface area contributed by atoms with Crippen molar-refractivity contribution in [1.82, 2.24) is 4.90 Å². The van der Waals surface area contributed by atoms with Gasteiger partial charge >= 0.3 is 0 Å². The molecule has 5 nitrogen and oxygen atoms in total. The first-order valence-corrected chi connectivity index (χ1v) is 11.2. The molecule has 3 aromatic rings. The van der Waals surface area contributed by atoms with Gasteiger partial charge in [-0.15, -0.1) is 11.8 Å². The van der Waals surface area contributed by atoms with Gasteiger partial charge in [-0.3, -0.25) is 9.59 Å². The summed E-state index contributed by atoms with van der Waals surface area (Å²) in [5.41, 5.74) is 2.41. The molecule has 164 valence electrons. The minimum atomic E-state index is -1.41. The van der Waals surface area contributed by atoms with Gasteiger partial charge < -0.3 is 9.80 Å². The lowest BCUT2D eigenvalue weighted by molar-refractivity contribution is -0.123. The molecule has 3 aromatic carbocycles. The van der Waals surface area contributed by atoms with Crippen LogP contribution in [0, 0.1) is 23.0 Å². The Morgan fingerprint density at radius 3 is 2.58 bits per heavy atom. The number of nitriles is 1. The number of rotatable bonds is 3. The molecule has 5 rings (SSSR count). The van der Waals surface area contributed by atoms with Crippen LogP contribution in [0.2, 0.25) is 0 Å². The van der Waals surface area contributed by atoms with Gasteiger partial charge in [0.1, 0.15) is 11.6 Å². The topological polar surface area (TPSA) is 64.4 Å². The third-order valence-corrected chi connectivity index (χ3v) is 7.31. The van der Waals surface area contributed by atoms with Crippen molar-refractivity contribution < 1.29 is 18.4 Å². The van der Waals surface area contributed by atoms with Gasteiger partial charge in [0.05, 0.1) is 23.9 Å². The lowest BCUT2D eigenvalue weighted by atomic mass is 10.0. The Balaban J connectivity index is 1.59. The standard InChI is InChI=1S/C25H17F2N3O2S/c26-19-6-4-18(5-7-19)23(31)30-10-11-33-25(30)21-13-20(27)8-9-22(21)29(24(25)32)15-17-3-1-2-16(12-17)14-28/h1-9,12-13H,10-11,15H2/t25-/m0/s1. The fourth-order valence-corrected chi connectivity index (χ4v) is 5.87. The van der Waals surface area contributed by atoms with Gasteiger partial charge in [0.2, 0.25) is 0 Å². The van der Waals surface area contributed by atoms with E-state index in [0.717, 1.165) is 5.56 Å². The summed E-state index contributed by atoms with van der Waals surface area (Å²) in [7, 11) is 0. The molecule has 0 N–H and O–H groups in total. The molecule has 8 heteroatoms. The molecule has 2 amide bonds. The Hall–Kier alpha value is -3.70. The summed E-state index contributed by atoms with van der Waals surface area (Å²) < 4.78 is 27.7.